The first kappa shape index (κ1) is 14.9. The minimum atomic E-state index is 0.863. The molecular formula is C24H17NO. The van der Waals surface area contributed by atoms with Crippen LogP contribution in [0.4, 0.5) is 0 Å². The maximum Gasteiger partial charge on any atom is 0.135 e. The molecule has 0 amide bonds. The quantitative estimate of drug-likeness (QED) is 0.349. The molecule has 1 aromatic heterocycles. The van der Waals surface area contributed by atoms with Crippen LogP contribution in [0, 0.1) is 6.92 Å². The molecule has 0 bridgehead atoms. The lowest BCUT2D eigenvalue weighted by molar-refractivity contribution is 0.488. The van der Waals surface area contributed by atoms with Gasteiger partial charge in [0, 0.05) is 22.9 Å². The molecule has 2 nitrogen and oxygen atoms in total. The van der Waals surface area contributed by atoms with Gasteiger partial charge in [0.05, 0.1) is 5.69 Å². The van der Waals surface area contributed by atoms with E-state index >= 15 is 0 Å². The number of aromatic nitrogens is 1. The average molecular weight is 335 g/mol. The summed E-state index contributed by atoms with van der Waals surface area (Å²) in [4.78, 5) is 4.65. The van der Waals surface area contributed by atoms with Crippen LogP contribution >= 0.6 is 0 Å². The fraction of sp³-hybridized carbons (Fsp3) is 0.0417. The molecule has 0 aliphatic carbocycles. The number of rotatable bonds is 1. The summed E-state index contributed by atoms with van der Waals surface area (Å²) in [7, 11) is 0. The lowest BCUT2D eigenvalue weighted by Crippen LogP contribution is -1.91. The second kappa shape index (κ2) is 5.85. The van der Waals surface area contributed by atoms with Crippen molar-refractivity contribution in [3.63, 3.8) is 0 Å². The minimum Gasteiger partial charge on any atom is -0.456 e. The fourth-order valence-corrected chi connectivity index (χ4v) is 3.57. The van der Waals surface area contributed by atoms with Crippen LogP contribution in [-0.2, 0) is 0 Å². The largest absolute Gasteiger partial charge is 0.456 e. The molecule has 2 heteroatoms. The lowest BCUT2D eigenvalue weighted by atomic mass is 9.90. The van der Waals surface area contributed by atoms with Crippen molar-refractivity contribution < 1.29 is 4.74 Å². The molecule has 0 saturated carbocycles. The molecule has 0 radical (unpaired) electrons. The smallest absolute Gasteiger partial charge is 0.135 e. The Bertz CT molecular complexity index is 1110. The Labute approximate surface area is 152 Å². The van der Waals surface area contributed by atoms with Gasteiger partial charge in [-0.15, -0.1) is 0 Å². The minimum absolute atomic E-state index is 0.863. The number of para-hydroxylation sites is 1. The molecule has 5 rings (SSSR count). The zero-order valence-corrected chi connectivity index (χ0v) is 14.4. The third-order valence-corrected chi connectivity index (χ3v) is 4.81. The Balaban J connectivity index is 1.85. The van der Waals surface area contributed by atoms with E-state index in [1.807, 2.05) is 30.5 Å². The molecule has 4 aromatic rings. The van der Waals surface area contributed by atoms with E-state index in [0.717, 1.165) is 39.4 Å². The van der Waals surface area contributed by atoms with E-state index in [9.17, 15) is 0 Å². The van der Waals surface area contributed by atoms with Crippen molar-refractivity contribution in [2.75, 3.05) is 0 Å². The number of hydrogen-bond donors (Lipinski definition) is 0. The highest BCUT2D eigenvalue weighted by atomic mass is 16.5. The molecule has 0 fully saturated rings. The summed E-state index contributed by atoms with van der Waals surface area (Å²) < 4.78 is 6.34. The Morgan fingerprint density at radius 1 is 0.615 bits per heavy atom. The van der Waals surface area contributed by atoms with E-state index in [1.165, 1.54) is 11.1 Å². The molecule has 2 heterocycles. The summed E-state index contributed by atoms with van der Waals surface area (Å²) in [5, 5.41) is 0. The first-order valence-corrected chi connectivity index (χ1v) is 8.74. The van der Waals surface area contributed by atoms with Gasteiger partial charge in [0.2, 0.25) is 0 Å². The molecule has 0 unspecified atom stereocenters. The van der Waals surface area contributed by atoms with E-state index in [4.69, 9.17) is 4.74 Å². The van der Waals surface area contributed by atoms with Gasteiger partial charge >= 0.3 is 0 Å². The Morgan fingerprint density at radius 2 is 1.31 bits per heavy atom. The van der Waals surface area contributed by atoms with Crippen LogP contribution in [0.5, 0.6) is 11.5 Å². The number of hydrogen-bond acceptors (Lipinski definition) is 2. The van der Waals surface area contributed by atoms with Gasteiger partial charge in [0.15, 0.2) is 0 Å². The summed E-state index contributed by atoms with van der Waals surface area (Å²) in [6, 6.07) is 27.0. The predicted molar refractivity (Wildman–Crippen MR) is 105 cm³/mol. The average Bonchev–Trinajstić information content (AvgIpc) is 2.83. The molecule has 1 aliphatic rings. The molecular weight excluding hydrogens is 318 g/mol. The zero-order valence-electron chi connectivity index (χ0n) is 14.4. The summed E-state index contributed by atoms with van der Waals surface area (Å²) in [5.41, 5.74) is 7.75. The molecule has 124 valence electrons. The van der Waals surface area contributed by atoms with Crippen LogP contribution in [0.1, 0.15) is 5.56 Å². The van der Waals surface area contributed by atoms with Crippen molar-refractivity contribution in [3.05, 3.63) is 90.6 Å². The van der Waals surface area contributed by atoms with Crippen molar-refractivity contribution in [2.45, 2.75) is 6.92 Å². The number of fused-ring (bicyclic) bond motifs is 5. The molecule has 0 N–H and O–H groups in total. The number of nitrogens with zero attached hydrogens (tertiary/aromatic N) is 1. The van der Waals surface area contributed by atoms with Crippen LogP contribution in [0.15, 0.2) is 85.1 Å². The highest BCUT2D eigenvalue weighted by molar-refractivity contribution is 5.96. The van der Waals surface area contributed by atoms with E-state index in [0.29, 0.717) is 0 Å². The van der Waals surface area contributed by atoms with Crippen LogP contribution in [0.2, 0.25) is 0 Å². The van der Waals surface area contributed by atoms with Crippen molar-refractivity contribution in [2.24, 2.45) is 0 Å². The summed E-state index contributed by atoms with van der Waals surface area (Å²) in [6.07, 6.45) is 1.91. The fourth-order valence-electron chi connectivity index (χ4n) is 3.57. The highest BCUT2D eigenvalue weighted by Crippen LogP contribution is 2.49. The van der Waals surface area contributed by atoms with Gasteiger partial charge in [-0.05, 0) is 41.8 Å². The van der Waals surface area contributed by atoms with Crippen molar-refractivity contribution in [3.8, 4) is 45.0 Å². The lowest BCUT2D eigenvalue weighted by Gasteiger charge is -2.14. The van der Waals surface area contributed by atoms with Gasteiger partial charge in [0.25, 0.3) is 0 Å². The number of benzene rings is 3. The van der Waals surface area contributed by atoms with Crippen LogP contribution < -0.4 is 4.74 Å². The SMILES string of the molecule is Cc1ccc(-c2cccc3c2-c2ccccc2-c2ccccc2O3)nc1. The Hall–Kier alpha value is -3.39. The third-order valence-electron chi connectivity index (χ3n) is 4.81. The first-order valence-electron chi connectivity index (χ1n) is 8.74. The first-order chi connectivity index (χ1) is 12.8. The van der Waals surface area contributed by atoms with Crippen LogP contribution in [0.3, 0.4) is 0 Å². The van der Waals surface area contributed by atoms with Gasteiger partial charge in [-0.25, -0.2) is 0 Å². The van der Waals surface area contributed by atoms with Crippen molar-refractivity contribution in [1.82, 2.24) is 4.98 Å². The topological polar surface area (TPSA) is 22.1 Å². The molecule has 0 atom stereocenters. The summed E-state index contributed by atoms with van der Waals surface area (Å²) >= 11 is 0. The van der Waals surface area contributed by atoms with E-state index in [2.05, 4.69) is 66.5 Å². The monoisotopic (exact) mass is 335 g/mol. The molecule has 3 aromatic carbocycles. The summed E-state index contributed by atoms with van der Waals surface area (Å²) in [5.74, 6) is 1.75. The normalized spacial score (nSPS) is 11.6. The molecule has 0 spiro atoms. The maximum absolute atomic E-state index is 6.34. The second-order valence-electron chi connectivity index (χ2n) is 6.54. The van der Waals surface area contributed by atoms with E-state index in [-0.39, 0.29) is 0 Å². The van der Waals surface area contributed by atoms with Crippen LogP contribution in [0.25, 0.3) is 33.5 Å². The third kappa shape index (κ3) is 2.31. The van der Waals surface area contributed by atoms with E-state index < -0.39 is 0 Å². The molecule has 0 saturated heterocycles. The zero-order chi connectivity index (χ0) is 17.5. The van der Waals surface area contributed by atoms with Gasteiger partial charge < -0.3 is 4.74 Å². The van der Waals surface area contributed by atoms with Gasteiger partial charge in [-0.3, -0.25) is 4.98 Å². The summed E-state index contributed by atoms with van der Waals surface area (Å²) in [6.45, 7) is 2.05. The van der Waals surface area contributed by atoms with Gasteiger partial charge in [-0.2, -0.15) is 0 Å². The molecule has 26 heavy (non-hydrogen) atoms. The number of aryl methyl sites for hydroxylation is 1. The van der Waals surface area contributed by atoms with Gasteiger partial charge in [-0.1, -0.05) is 60.7 Å². The number of pyridine rings is 1. The predicted octanol–water partition coefficient (Wildman–Crippen LogP) is 6.50. The van der Waals surface area contributed by atoms with Gasteiger partial charge in [0.1, 0.15) is 11.5 Å². The number of ether oxygens (including phenoxy) is 1. The standard InChI is InChI=1S/C24H17NO/c1-16-13-14-21(25-15-16)20-10-6-12-23-24(20)19-9-3-2-7-17(19)18-8-4-5-11-22(18)26-23/h2-15H,1H3. The second-order valence-corrected chi connectivity index (χ2v) is 6.54. The van der Waals surface area contributed by atoms with Crippen molar-refractivity contribution in [1.29, 1.82) is 0 Å². The molecule has 1 aliphatic heterocycles. The van der Waals surface area contributed by atoms with Crippen LogP contribution in [-0.4, -0.2) is 4.98 Å². The van der Waals surface area contributed by atoms with E-state index in [1.54, 1.807) is 0 Å². The highest BCUT2D eigenvalue weighted by Gasteiger charge is 2.23. The maximum atomic E-state index is 6.34. The Kier molecular flexibility index (Phi) is 3.36. The Morgan fingerprint density at radius 3 is 2.12 bits per heavy atom. The van der Waals surface area contributed by atoms with Crippen molar-refractivity contribution >= 4 is 0 Å².